The smallest absolute Gasteiger partial charge is 0.265 e. The zero-order valence-electron chi connectivity index (χ0n) is 14.4. The zero-order chi connectivity index (χ0) is 20.8. The molecule has 0 bridgehead atoms. The molecule has 0 aliphatic heterocycles. The summed E-state index contributed by atoms with van der Waals surface area (Å²) in [6, 6.07) is 3.58. The van der Waals surface area contributed by atoms with Crippen molar-refractivity contribution >= 4 is 49.1 Å². The predicted molar refractivity (Wildman–Crippen MR) is 105 cm³/mol. The molecule has 3 rings (SSSR count). The minimum Gasteiger partial charge on any atom is -0.505 e. The first-order chi connectivity index (χ1) is 13.1. The number of nitrogens with one attached hydrogen (secondary N) is 2. The van der Waals surface area contributed by atoms with Crippen LogP contribution in [0.1, 0.15) is 34.7 Å². The number of amides is 1. The van der Waals surface area contributed by atoms with Crippen LogP contribution in [-0.2, 0) is 10.0 Å². The molecule has 0 saturated heterocycles. The Morgan fingerprint density at radius 2 is 1.89 bits per heavy atom. The quantitative estimate of drug-likeness (QED) is 0.474. The van der Waals surface area contributed by atoms with Crippen LogP contribution in [0.2, 0.25) is 5.02 Å². The molecule has 0 atom stereocenters. The minimum atomic E-state index is -4.42. The van der Waals surface area contributed by atoms with E-state index in [-0.39, 0.29) is 22.2 Å². The maximum absolute atomic E-state index is 14.7. The lowest BCUT2D eigenvalue weighted by Crippen LogP contribution is -2.21. The largest absolute Gasteiger partial charge is 0.505 e. The summed E-state index contributed by atoms with van der Waals surface area (Å²) in [6.45, 7) is 0. The molecule has 2 aromatic rings. The van der Waals surface area contributed by atoms with Crippen molar-refractivity contribution in [1.29, 1.82) is 0 Å². The fourth-order valence-electron chi connectivity index (χ4n) is 2.72. The number of carbonyl (C=O) groups excluding carboxylic acids is 1. The molecule has 1 fully saturated rings. The monoisotopic (exact) mass is 492 g/mol. The topological polar surface area (TPSA) is 116 Å². The summed E-state index contributed by atoms with van der Waals surface area (Å²) in [7, 11) is -3.16. The van der Waals surface area contributed by atoms with Crippen LogP contribution in [-0.4, -0.2) is 31.6 Å². The maximum atomic E-state index is 14.7. The Morgan fingerprint density at radius 3 is 2.46 bits per heavy atom. The number of carbonyl (C=O) groups is 1. The van der Waals surface area contributed by atoms with Gasteiger partial charge in [-0.25, -0.2) is 12.8 Å². The number of hydrogen-bond donors (Lipinski definition) is 4. The van der Waals surface area contributed by atoms with Gasteiger partial charge >= 0.3 is 0 Å². The molecule has 0 radical (unpaired) electrons. The highest BCUT2D eigenvalue weighted by Crippen LogP contribution is 2.46. The molecule has 1 aliphatic carbocycles. The van der Waals surface area contributed by atoms with Crippen molar-refractivity contribution < 1.29 is 27.8 Å². The summed E-state index contributed by atoms with van der Waals surface area (Å²) in [5, 5.41) is 22.4. The van der Waals surface area contributed by atoms with Crippen LogP contribution < -0.4 is 10.0 Å². The number of anilines is 1. The molecular formula is C17H15BrClFN2O5S. The summed E-state index contributed by atoms with van der Waals surface area (Å²) in [5.74, 6) is -3.50. The molecule has 1 saturated carbocycles. The number of benzene rings is 2. The fourth-order valence-corrected chi connectivity index (χ4v) is 4.94. The lowest BCUT2D eigenvalue weighted by Gasteiger charge is -2.16. The Morgan fingerprint density at radius 1 is 1.25 bits per heavy atom. The third-order valence-electron chi connectivity index (χ3n) is 4.26. The van der Waals surface area contributed by atoms with Crippen molar-refractivity contribution in [3.05, 3.63) is 44.6 Å². The molecule has 7 nitrogen and oxygen atoms in total. The van der Waals surface area contributed by atoms with E-state index in [9.17, 15) is 27.8 Å². The maximum Gasteiger partial charge on any atom is 0.265 e. The van der Waals surface area contributed by atoms with Crippen molar-refractivity contribution in [2.45, 2.75) is 23.7 Å². The normalized spacial score (nSPS) is 14.0. The second kappa shape index (κ2) is 7.41. The zero-order valence-corrected chi connectivity index (χ0v) is 17.5. The van der Waals surface area contributed by atoms with Crippen LogP contribution >= 0.6 is 27.5 Å². The van der Waals surface area contributed by atoms with E-state index in [1.165, 1.54) is 13.1 Å². The Hall–Kier alpha value is -2.04. The molecule has 2 aromatic carbocycles. The third kappa shape index (κ3) is 3.76. The molecular weight excluding hydrogens is 479 g/mol. The van der Waals surface area contributed by atoms with Gasteiger partial charge in [-0.15, -0.1) is 0 Å². The van der Waals surface area contributed by atoms with E-state index in [0.717, 1.165) is 12.1 Å². The highest BCUT2D eigenvalue weighted by atomic mass is 79.9. The highest BCUT2D eigenvalue weighted by molar-refractivity contribution is 9.10. The van der Waals surface area contributed by atoms with Gasteiger partial charge in [-0.1, -0.05) is 27.5 Å². The number of rotatable bonds is 5. The van der Waals surface area contributed by atoms with E-state index >= 15 is 0 Å². The average molecular weight is 494 g/mol. The molecule has 28 heavy (non-hydrogen) atoms. The first kappa shape index (κ1) is 20.7. The van der Waals surface area contributed by atoms with Gasteiger partial charge in [-0.3, -0.25) is 9.52 Å². The first-order valence-electron chi connectivity index (χ1n) is 8.05. The van der Waals surface area contributed by atoms with Crippen molar-refractivity contribution in [1.82, 2.24) is 5.32 Å². The van der Waals surface area contributed by atoms with Gasteiger partial charge in [0.15, 0.2) is 11.5 Å². The predicted octanol–water partition coefficient (Wildman–Crippen LogP) is 3.69. The number of phenolic OH excluding ortho intramolecular Hbond substituents is 2. The van der Waals surface area contributed by atoms with Gasteiger partial charge in [0.1, 0.15) is 16.3 Å². The number of aromatic hydroxyl groups is 2. The number of hydrogen-bond acceptors (Lipinski definition) is 5. The second-order valence-corrected chi connectivity index (χ2v) is 9.22. The summed E-state index contributed by atoms with van der Waals surface area (Å²) in [6.07, 6.45) is 1.37. The van der Waals surface area contributed by atoms with Crippen molar-refractivity contribution in [2.24, 2.45) is 0 Å². The lowest BCUT2D eigenvalue weighted by atomic mass is 10.0. The molecule has 0 spiro atoms. The first-order valence-corrected chi connectivity index (χ1v) is 10.7. The van der Waals surface area contributed by atoms with Gasteiger partial charge in [0.05, 0.1) is 10.7 Å². The molecule has 1 amide bonds. The average Bonchev–Trinajstić information content (AvgIpc) is 3.45. The molecule has 0 aromatic heterocycles. The molecule has 150 valence electrons. The van der Waals surface area contributed by atoms with Crippen LogP contribution in [0.15, 0.2) is 27.6 Å². The third-order valence-corrected chi connectivity index (χ3v) is 6.39. The Labute approximate surface area is 173 Å². The van der Waals surface area contributed by atoms with Crippen LogP contribution in [0.4, 0.5) is 10.1 Å². The Kier molecular flexibility index (Phi) is 5.48. The van der Waals surface area contributed by atoms with E-state index in [0.29, 0.717) is 17.3 Å². The van der Waals surface area contributed by atoms with E-state index in [4.69, 9.17) is 11.6 Å². The van der Waals surface area contributed by atoms with Gasteiger partial charge in [-0.2, -0.15) is 0 Å². The lowest BCUT2D eigenvalue weighted by molar-refractivity contribution is 0.0956. The molecule has 11 heteroatoms. The summed E-state index contributed by atoms with van der Waals surface area (Å²) >= 11 is 8.91. The van der Waals surface area contributed by atoms with Gasteiger partial charge in [-0.05, 0) is 42.5 Å². The standard InChI is InChI=1S/C17H15BrClFN2O5S/c1-21-17(25)13-14(20)9(7-2-3-7)6-11(16(13)24)22-28(26,27)12-5-8(18)4-10(19)15(12)23/h4-7,22-24H,2-3H2,1H3,(H,21,25). The number of sulfonamides is 1. The van der Waals surface area contributed by atoms with Gasteiger partial charge < -0.3 is 15.5 Å². The SMILES string of the molecule is CNC(=O)c1c(O)c(NS(=O)(=O)c2cc(Br)cc(Cl)c2O)cc(C2CC2)c1F. The molecule has 0 unspecified atom stereocenters. The fraction of sp³-hybridized carbons (Fsp3) is 0.235. The minimum absolute atomic E-state index is 0.130. The van der Waals surface area contributed by atoms with E-state index in [2.05, 4.69) is 26.0 Å². The van der Waals surface area contributed by atoms with Crippen molar-refractivity contribution in [2.75, 3.05) is 11.8 Å². The van der Waals surface area contributed by atoms with E-state index in [1.54, 1.807) is 0 Å². The van der Waals surface area contributed by atoms with Crippen LogP contribution in [0.5, 0.6) is 11.5 Å². The van der Waals surface area contributed by atoms with Gasteiger partial charge in [0, 0.05) is 11.5 Å². The van der Waals surface area contributed by atoms with Gasteiger partial charge in [0.25, 0.3) is 15.9 Å². The molecule has 1 aliphatic rings. The van der Waals surface area contributed by atoms with Crippen molar-refractivity contribution in [3.63, 3.8) is 0 Å². The van der Waals surface area contributed by atoms with Crippen molar-refractivity contribution in [3.8, 4) is 11.5 Å². The Bertz CT molecular complexity index is 1090. The van der Waals surface area contributed by atoms with Gasteiger partial charge in [0.2, 0.25) is 0 Å². The molecule has 4 N–H and O–H groups in total. The number of phenols is 2. The highest BCUT2D eigenvalue weighted by Gasteiger charge is 2.33. The Balaban J connectivity index is 2.14. The summed E-state index contributed by atoms with van der Waals surface area (Å²) in [5.41, 5.74) is -0.899. The van der Waals surface area contributed by atoms with E-state index in [1.807, 2.05) is 0 Å². The summed E-state index contributed by atoms with van der Waals surface area (Å²) in [4.78, 5) is 11.5. The summed E-state index contributed by atoms with van der Waals surface area (Å²) < 4.78 is 42.6. The number of halogens is 3. The van der Waals surface area contributed by atoms with Crippen LogP contribution in [0.25, 0.3) is 0 Å². The van der Waals surface area contributed by atoms with Crippen LogP contribution in [0.3, 0.4) is 0 Å². The molecule has 0 heterocycles. The van der Waals surface area contributed by atoms with Crippen LogP contribution in [0, 0.1) is 5.82 Å². The van der Waals surface area contributed by atoms with E-state index < -0.39 is 43.7 Å². The second-order valence-electron chi connectivity index (χ2n) is 6.24.